The molecule has 7 aromatic rings. The highest BCUT2D eigenvalue weighted by Gasteiger charge is 2.30. The number of rotatable bonds is 9. The minimum Gasteiger partial charge on any atom is -0.398 e. The predicted octanol–water partition coefficient (Wildman–Crippen LogP) is 13.7. The summed E-state index contributed by atoms with van der Waals surface area (Å²) in [7, 11) is 0. The molecule has 0 atom stereocenters. The molecule has 1 aliphatic rings. The molecule has 0 unspecified atom stereocenters. The molecular weight excluding hydrogens is 655 g/mol. The second kappa shape index (κ2) is 15.0. The zero-order valence-corrected chi connectivity index (χ0v) is 32.3. The second-order valence-electron chi connectivity index (χ2n) is 13.8. The summed E-state index contributed by atoms with van der Waals surface area (Å²) in [6.45, 7) is 21.3. The molecule has 7 aromatic carbocycles. The highest BCUT2D eigenvalue weighted by atomic mass is 15.2. The summed E-state index contributed by atoms with van der Waals surface area (Å²) in [6.07, 6.45) is 10.1. The fourth-order valence-corrected chi connectivity index (χ4v) is 8.37. The van der Waals surface area contributed by atoms with Gasteiger partial charge in [-0.1, -0.05) is 118 Å². The van der Waals surface area contributed by atoms with Crippen molar-refractivity contribution in [1.29, 1.82) is 0 Å². The van der Waals surface area contributed by atoms with E-state index in [-0.39, 0.29) is 6.04 Å². The van der Waals surface area contributed by atoms with Gasteiger partial charge in [0.05, 0.1) is 5.69 Å². The maximum absolute atomic E-state index is 7.44. The van der Waals surface area contributed by atoms with Gasteiger partial charge in [-0.25, -0.2) is 0 Å². The lowest BCUT2D eigenvalue weighted by Crippen LogP contribution is -2.32. The van der Waals surface area contributed by atoms with Gasteiger partial charge in [0.2, 0.25) is 0 Å². The number of hydrogen-bond acceptors (Lipinski definition) is 3. The van der Waals surface area contributed by atoms with Crippen molar-refractivity contribution in [2.45, 2.75) is 47.6 Å². The van der Waals surface area contributed by atoms with E-state index in [1.165, 1.54) is 43.8 Å². The van der Waals surface area contributed by atoms with E-state index in [4.69, 9.17) is 5.73 Å². The van der Waals surface area contributed by atoms with Gasteiger partial charge in [0.1, 0.15) is 0 Å². The van der Waals surface area contributed by atoms with Gasteiger partial charge in [-0.2, -0.15) is 0 Å². The van der Waals surface area contributed by atoms with Crippen molar-refractivity contribution < 1.29 is 0 Å². The number of nitrogens with two attached hydrogens (primary N) is 1. The van der Waals surface area contributed by atoms with Crippen LogP contribution in [-0.4, -0.2) is 10.9 Å². The molecule has 0 aromatic heterocycles. The van der Waals surface area contributed by atoms with Gasteiger partial charge in [-0.05, 0) is 126 Å². The van der Waals surface area contributed by atoms with Crippen molar-refractivity contribution in [3.63, 3.8) is 0 Å². The van der Waals surface area contributed by atoms with Gasteiger partial charge in [-0.15, -0.1) is 0 Å². The van der Waals surface area contributed by atoms with Crippen molar-refractivity contribution in [3.8, 4) is 22.3 Å². The summed E-state index contributed by atoms with van der Waals surface area (Å²) in [5.74, 6) is 0. The Morgan fingerprint density at radius 3 is 1.80 bits per heavy atom. The van der Waals surface area contributed by atoms with Crippen LogP contribution in [0.3, 0.4) is 0 Å². The number of allylic oxidation sites excluding steroid dienone is 4. The molecule has 0 amide bonds. The Hall–Kier alpha value is -6.32. The minimum atomic E-state index is 0.152. The van der Waals surface area contributed by atoms with Gasteiger partial charge in [-0.3, -0.25) is 0 Å². The SMILES string of the molecule is C=C/C(=C\C=C/C)N(/C(C)=c1/c(N)c(C=C)c2c(N(c3ccccc3)c3ccccc3)cc3c4c(ccc1c42)-c1cc2ccccc2cc1-3)C(C)C.CC. The van der Waals surface area contributed by atoms with E-state index in [2.05, 4.69) is 171 Å². The topological polar surface area (TPSA) is 32.5 Å². The number of anilines is 4. The number of benzene rings is 7. The molecule has 0 heterocycles. The second-order valence-corrected chi connectivity index (χ2v) is 13.8. The molecular formula is C51H49N3. The average Bonchev–Trinajstić information content (AvgIpc) is 3.51. The molecule has 8 rings (SSSR count). The first kappa shape index (κ1) is 36.1. The maximum atomic E-state index is 7.44. The zero-order chi connectivity index (χ0) is 38.1. The molecule has 3 heteroatoms. The number of para-hydroxylation sites is 2. The van der Waals surface area contributed by atoms with E-state index in [0.29, 0.717) is 5.69 Å². The normalized spacial score (nSPS) is 12.6. The third kappa shape index (κ3) is 5.77. The minimum absolute atomic E-state index is 0.152. The summed E-state index contributed by atoms with van der Waals surface area (Å²) in [5.41, 5.74) is 19.3. The molecule has 0 saturated heterocycles. The number of fused-ring (bicyclic) bond motifs is 4. The highest BCUT2D eigenvalue weighted by molar-refractivity contribution is 6.31. The van der Waals surface area contributed by atoms with Crippen LogP contribution in [0.1, 0.15) is 47.1 Å². The van der Waals surface area contributed by atoms with Crippen LogP contribution in [-0.2, 0) is 0 Å². The third-order valence-corrected chi connectivity index (χ3v) is 10.5. The van der Waals surface area contributed by atoms with E-state index in [9.17, 15) is 0 Å². The van der Waals surface area contributed by atoms with Gasteiger partial charge in [0.25, 0.3) is 0 Å². The molecule has 1 aliphatic carbocycles. The number of nitrogens with zero attached hydrogens (tertiary/aromatic N) is 2. The Morgan fingerprint density at radius 2 is 1.26 bits per heavy atom. The Bertz CT molecular complexity index is 2620. The fourth-order valence-electron chi connectivity index (χ4n) is 8.37. The van der Waals surface area contributed by atoms with Crippen molar-refractivity contribution in [2.75, 3.05) is 10.6 Å². The van der Waals surface area contributed by atoms with E-state index in [1.807, 2.05) is 39.0 Å². The van der Waals surface area contributed by atoms with Crippen LogP contribution in [0.2, 0.25) is 0 Å². The van der Waals surface area contributed by atoms with Gasteiger partial charge in [0.15, 0.2) is 0 Å². The summed E-state index contributed by atoms with van der Waals surface area (Å²) in [6, 6.07) is 41.8. The maximum Gasteiger partial charge on any atom is 0.0553 e. The monoisotopic (exact) mass is 703 g/mol. The van der Waals surface area contributed by atoms with Crippen molar-refractivity contribution >= 4 is 66.8 Å². The molecule has 0 spiro atoms. The lowest BCUT2D eigenvalue weighted by Gasteiger charge is -2.32. The first-order chi connectivity index (χ1) is 26.4. The highest BCUT2D eigenvalue weighted by Crippen LogP contribution is 2.55. The van der Waals surface area contributed by atoms with Crippen molar-refractivity contribution in [2.24, 2.45) is 0 Å². The van der Waals surface area contributed by atoms with Crippen LogP contribution in [0.15, 0.2) is 158 Å². The molecule has 0 fully saturated rings. The molecule has 0 radical (unpaired) electrons. The van der Waals surface area contributed by atoms with Crippen LogP contribution in [0.4, 0.5) is 22.7 Å². The van der Waals surface area contributed by atoms with Crippen molar-refractivity contribution in [3.05, 3.63) is 169 Å². The lowest BCUT2D eigenvalue weighted by atomic mass is 9.88. The molecule has 0 aliphatic heterocycles. The Balaban J connectivity index is 0.00000221. The fraction of sp³-hybridized carbons (Fsp3) is 0.137. The van der Waals surface area contributed by atoms with E-state index >= 15 is 0 Å². The summed E-state index contributed by atoms with van der Waals surface area (Å²) < 4.78 is 0. The Morgan fingerprint density at radius 1 is 0.685 bits per heavy atom. The van der Waals surface area contributed by atoms with Gasteiger partial charge < -0.3 is 15.5 Å². The summed E-state index contributed by atoms with van der Waals surface area (Å²) in [5, 5.41) is 8.15. The Kier molecular flexibility index (Phi) is 9.99. The van der Waals surface area contributed by atoms with Crippen LogP contribution in [0, 0.1) is 0 Å². The molecule has 0 bridgehead atoms. The lowest BCUT2D eigenvalue weighted by molar-refractivity contribution is 0.410. The number of hydrogen-bond donors (Lipinski definition) is 1. The van der Waals surface area contributed by atoms with E-state index in [1.54, 1.807) is 0 Å². The van der Waals surface area contributed by atoms with Gasteiger partial charge >= 0.3 is 0 Å². The van der Waals surface area contributed by atoms with E-state index < -0.39 is 0 Å². The average molecular weight is 704 g/mol. The van der Waals surface area contributed by atoms with Crippen LogP contribution < -0.4 is 15.9 Å². The molecule has 54 heavy (non-hydrogen) atoms. The Labute approximate surface area is 320 Å². The zero-order valence-electron chi connectivity index (χ0n) is 32.3. The third-order valence-electron chi connectivity index (χ3n) is 10.5. The van der Waals surface area contributed by atoms with Gasteiger partial charge in [0, 0.05) is 56.1 Å². The molecule has 268 valence electrons. The summed E-state index contributed by atoms with van der Waals surface area (Å²) >= 11 is 0. The molecule has 2 N–H and O–H groups in total. The van der Waals surface area contributed by atoms with Crippen molar-refractivity contribution in [1.82, 2.24) is 4.90 Å². The smallest absolute Gasteiger partial charge is 0.0553 e. The van der Waals surface area contributed by atoms with Crippen LogP contribution in [0.25, 0.3) is 66.3 Å². The van der Waals surface area contributed by atoms with Crippen LogP contribution >= 0.6 is 0 Å². The molecule has 0 saturated carbocycles. The number of nitrogen functional groups attached to an aromatic ring is 1. The largest absolute Gasteiger partial charge is 0.398 e. The molecule has 3 nitrogen and oxygen atoms in total. The quantitative estimate of drug-likeness (QED) is 0.120. The van der Waals surface area contributed by atoms with Crippen LogP contribution in [0.5, 0.6) is 0 Å². The predicted molar refractivity (Wildman–Crippen MR) is 238 cm³/mol. The first-order valence-corrected chi connectivity index (χ1v) is 19.0. The standard InChI is InChI=1S/C49H43N3.C2H6/c1-7-10-21-35(8-2)51(31(4)5)32(6)45-40-27-26-39-41-28-33-19-17-18-20-34(33)29-42(41)43-30-44(47(48(40)46(39)43)38(9-3)49(45)50)52(36-22-13-11-14-23-36)37-24-15-12-16-25-37;1-2/h7-31H,2-3,50H2,1,4-6H3;1-2H3/b10-7-,35-21+,45-32+;. The first-order valence-electron chi connectivity index (χ1n) is 19.0. The summed E-state index contributed by atoms with van der Waals surface area (Å²) in [4.78, 5) is 4.71. The van der Waals surface area contributed by atoms with E-state index in [0.717, 1.165) is 50.0 Å².